The van der Waals surface area contributed by atoms with Gasteiger partial charge in [-0.3, -0.25) is 0 Å². The summed E-state index contributed by atoms with van der Waals surface area (Å²) in [7, 11) is 0. The van der Waals surface area contributed by atoms with Gasteiger partial charge in [0.1, 0.15) is 19.3 Å². The second-order valence-corrected chi connectivity index (χ2v) is 3.55. The molecule has 0 aliphatic heterocycles. The van der Waals surface area contributed by atoms with Crippen molar-refractivity contribution in [1.82, 2.24) is 15.0 Å². The number of anilines is 2. The molecule has 0 fully saturated rings. The van der Waals surface area contributed by atoms with Crippen LogP contribution in [0.5, 0.6) is 0 Å². The predicted octanol–water partition coefficient (Wildman–Crippen LogP) is -2.15. The minimum absolute atomic E-state index is 0.103. The molecular weight excluding hydrogens is 240 g/mol. The zero-order chi connectivity index (χ0) is 13.4. The lowest BCUT2D eigenvalue weighted by atomic mass is 10.2. The molecule has 0 aliphatic carbocycles. The highest BCUT2D eigenvalue weighted by Crippen LogP contribution is 2.07. The smallest absolute Gasteiger partial charge is 0.229 e. The molecule has 7 N–H and O–H groups in total. The fraction of sp³-hybridized carbons (Fsp3) is 0.667. The van der Waals surface area contributed by atoms with Crippen molar-refractivity contribution in [3.05, 3.63) is 5.82 Å². The van der Waals surface area contributed by atoms with Gasteiger partial charge < -0.3 is 31.7 Å². The van der Waals surface area contributed by atoms with Crippen LogP contribution in [0.1, 0.15) is 12.2 Å². The summed E-state index contributed by atoms with van der Waals surface area (Å²) in [6, 6.07) is -0.328. The van der Waals surface area contributed by atoms with Crippen molar-refractivity contribution in [3.63, 3.8) is 0 Å². The van der Waals surface area contributed by atoms with Gasteiger partial charge in [-0.25, -0.2) is 0 Å². The number of nitrogens with one attached hydrogen (secondary N) is 2. The molecule has 102 valence electrons. The van der Waals surface area contributed by atoms with Gasteiger partial charge in [0.2, 0.25) is 11.9 Å². The van der Waals surface area contributed by atoms with Gasteiger partial charge in [-0.2, -0.15) is 15.0 Å². The first-order valence-corrected chi connectivity index (χ1v) is 5.50. The van der Waals surface area contributed by atoms with E-state index >= 15 is 0 Å². The SMILES string of the molecule is NC(CO)CCc1nc(NCO)nc(NCO)n1. The summed E-state index contributed by atoms with van der Waals surface area (Å²) in [4.78, 5) is 12.0. The largest absolute Gasteiger partial charge is 0.395 e. The van der Waals surface area contributed by atoms with E-state index in [2.05, 4.69) is 25.6 Å². The third-order valence-electron chi connectivity index (χ3n) is 2.13. The first-order chi connectivity index (χ1) is 8.69. The van der Waals surface area contributed by atoms with Gasteiger partial charge in [-0.1, -0.05) is 0 Å². The van der Waals surface area contributed by atoms with Crippen LogP contribution in [0.25, 0.3) is 0 Å². The van der Waals surface area contributed by atoms with Gasteiger partial charge >= 0.3 is 0 Å². The Morgan fingerprint density at radius 3 is 2.00 bits per heavy atom. The highest BCUT2D eigenvalue weighted by atomic mass is 16.3. The van der Waals surface area contributed by atoms with Gasteiger partial charge in [0.25, 0.3) is 0 Å². The molecule has 0 spiro atoms. The average Bonchev–Trinajstić information content (AvgIpc) is 2.36. The Morgan fingerprint density at radius 1 is 1.00 bits per heavy atom. The number of aryl methyl sites for hydroxylation is 1. The molecule has 1 aromatic rings. The molecule has 18 heavy (non-hydrogen) atoms. The summed E-state index contributed by atoms with van der Waals surface area (Å²) in [6.45, 7) is -0.717. The van der Waals surface area contributed by atoms with Crippen LogP contribution in [0.4, 0.5) is 11.9 Å². The lowest BCUT2D eigenvalue weighted by Gasteiger charge is -2.09. The van der Waals surface area contributed by atoms with Crippen molar-refractivity contribution in [1.29, 1.82) is 0 Å². The third kappa shape index (κ3) is 4.75. The summed E-state index contributed by atoms with van der Waals surface area (Å²) in [5, 5.41) is 31.4. The number of aliphatic hydroxyl groups excluding tert-OH is 3. The molecule has 0 aliphatic rings. The fourth-order valence-corrected chi connectivity index (χ4v) is 1.24. The van der Waals surface area contributed by atoms with E-state index in [1.54, 1.807) is 0 Å². The van der Waals surface area contributed by atoms with Gasteiger partial charge in [0.15, 0.2) is 0 Å². The lowest BCUT2D eigenvalue weighted by molar-refractivity contribution is 0.259. The summed E-state index contributed by atoms with van der Waals surface area (Å²) in [5.74, 6) is 0.868. The monoisotopic (exact) mass is 258 g/mol. The molecule has 0 bridgehead atoms. The Kier molecular flexibility index (Phi) is 6.22. The Bertz CT molecular complexity index is 340. The average molecular weight is 258 g/mol. The minimum Gasteiger partial charge on any atom is -0.395 e. The van der Waals surface area contributed by atoms with Crippen LogP contribution < -0.4 is 16.4 Å². The topological polar surface area (TPSA) is 149 Å². The van der Waals surface area contributed by atoms with Crippen molar-refractivity contribution < 1.29 is 15.3 Å². The molecule has 1 aromatic heterocycles. The molecule has 1 atom stereocenters. The van der Waals surface area contributed by atoms with Crippen molar-refractivity contribution in [2.75, 3.05) is 30.7 Å². The maximum Gasteiger partial charge on any atom is 0.229 e. The van der Waals surface area contributed by atoms with Crippen LogP contribution in [0.2, 0.25) is 0 Å². The third-order valence-corrected chi connectivity index (χ3v) is 2.13. The van der Waals surface area contributed by atoms with E-state index in [4.69, 9.17) is 21.1 Å². The van der Waals surface area contributed by atoms with Crippen molar-refractivity contribution in [3.8, 4) is 0 Å². The summed E-state index contributed by atoms with van der Waals surface area (Å²) < 4.78 is 0. The number of nitrogens with two attached hydrogens (primary N) is 1. The number of nitrogens with zero attached hydrogens (tertiary/aromatic N) is 3. The quantitative estimate of drug-likeness (QED) is 0.287. The predicted molar refractivity (Wildman–Crippen MR) is 64.6 cm³/mol. The van der Waals surface area contributed by atoms with E-state index in [0.29, 0.717) is 18.7 Å². The number of hydrogen-bond acceptors (Lipinski definition) is 9. The Morgan fingerprint density at radius 2 is 1.56 bits per heavy atom. The molecule has 0 radical (unpaired) electrons. The lowest BCUT2D eigenvalue weighted by Crippen LogP contribution is -2.25. The summed E-state index contributed by atoms with van der Waals surface area (Å²) >= 11 is 0. The van der Waals surface area contributed by atoms with Crippen LogP contribution in [0.15, 0.2) is 0 Å². The zero-order valence-corrected chi connectivity index (χ0v) is 9.87. The Hall–Kier alpha value is -1.55. The second-order valence-electron chi connectivity index (χ2n) is 3.55. The first kappa shape index (κ1) is 14.5. The molecule has 0 saturated heterocycles. The molecule has 1 heterocycles. The van der Waals surface area contributed by atoms with E-state index in [9.17, 15) is 0 Å². The molecule has 9 nitrogen and oxygen atoms in total. The Labute approximate surface area is 104 Å². The van der Waals surface area contributed by atoms with Crippen LogP contribution in [0, 0.1) is 0 Å². The van der Waals surface area contributed by atoms with E-state index in [-0.39, 0.29) is 38.0 Å². The number of aromatic nitrogens is 3. The summed E-state index contributed by atoms with van der Waals surface area (Å²) in [6.07, 6.45) is 0.988. The minimum atomic E-state index is -0.328. The van der Waals surface area contributed by atoms with Gasteiger partial charge in [-0.05, 0) is 6.42 Å². The van der Waals surface area contributed by atoms with Gasteiger partial charge in [0.05, 0.1) is 6.61 Å². The summed E-state index contributed by atoms with van der Waals surface area (Å²) in [5.41, 5.74) is 5.58. The molecule has 1 rings (SSSR count). The van der Waals surface area contributed by atoms with Crippen LogP contribution in [-0.4, -0.2) is 56.4 Å². The number of rotatable bonds is 8. The highest BCUT2D eigenvalue weighted by molar-refractivity contribution is 5.33. The number of aliphatic hydroxyl groups is 3. The molecule has 9 heteroatoms. The fourth-order valence-electron chi connectivity index (χ4n) is 1.24. The van der Waals surface area contributed by atoms with Crippen LogP contribution >= 0.6 is 0 Å². The van der Waals surface area contributed by atoms with Crippen LogP contribution in [-0.2, 0) is 6.42 Å². The van der Waals surface area contributed by atoms with Crippen molar-refractivity contribution >= 4 is 11.9 Å². The molecule has 0 saturated carbocycles. The second kappa shape index (κ2) is 7.71. The van der Waals surface area contributed by atoms with E-state index < -0.39 is 0 Å². The van der Waals surface area contributed by atoms with E-state index in [1.165, 1.54) is 0 Å². The van der Waals surface area contributed by atoms with Crippen molar-refractivity contribution in [2.24, 2.45) is 5.73 Å². The first-order valence-electron chi connectivity index (χ1n) is 5.50. The van der Waals surface area contributed by atoms with Gasteiger partial charge in [0, 0.05) is 12.5 Å². The standard InChI is InChI=1S/C9H18N6O3/c10-6(3-16)1-2-7-13-8(11-4-17)15-9(14-7)12-5-18/h6,16-18H,1-5,10H2,(H2,11,12,13,14,15). The zero-order valence-electron chi connectivity index (χ0n) is 9.87. The normalized spacial score (nSPS) is 12.2. The number of hydrogen-bond donors (Lipinski definition) is 6. The molecule has 0 amide bonds. The Balaban J connectivity index is 2.75. The van der Waals surface area contributed by atoms with Crippen LogP contribution in [0.3, 0.4) is 0 Å². The van der Waals surface area contributed by atoms with E-state index in [0.717, 1.165) is 0 Å². The molecule has 1 unspecified atom stereocenters. The van der Waals surface area contributed by atoms with E-state index in [1.807, 2.05) is 0 Å². The maximum absolute atomic E-state index is 8.82. The molecular formula is C9H18N6O3. The highest BCUT2D eigenvalue weighted by Gasteiger charge is 2.08. The van der Waals surface area contributed by atoms with Crippen molar-refractivity contribution in [2.45, 2.75) is 18.9 Å². The maximum atomic E-state index is 8.82. The molecule has 0 aromatic carbocycles. The van der Waals surface area contributed by atoms with Gasteiger partial charge in [-0.15, -0.1) is 0 Å².